The lowest BCUT2D eigenvalue weighted by molar-refractivity contribution is 1.14. The van der Waals surface area contributed by atoms with Crippen LogP contribution >= 0.6 is 68.0 Å². The van der Waals surface area contributed by atoms with Crippen LogP contribution < -0.4 is 0 Å². The van der Waals surface area contributed by atoms with E-state index in [1.54, 1.807) is 0 Å². The number of hydrogen-bond acceptors (Lipinski definition) is 6. The smallest absolute Gasteiger partial charge is 0.0484 e. The molecular formula is C32H30S6. The maximum Gasteiger partial charge on any atom is 0.0484 e. The Hall–Kier alpha value is -1.80. The molecule has 38 heavy (non-hydrogen) atoms. The molecule has 0 aliphatic carbocycles. The predicted octanol–water partition coefficient (Wildman–Crippen LogP) is 12.6. The minimum atomic E-state index is 1.06. The fourth-order valence-corrected chi connectivity index (χ4v) is 11.6. The summed E-state index contributed by atoms with van der Waals surface area (Å²) in [5.74, 6) is 0. The van der Waals surface area contributed by atoms with Crippen LogP contribution in [0.1, 0.15) is 48.6 Å². The SMILES string of the molecule is CCc1ccc(-c2ccc(-c3cc(CC)c(-c4sc(-c5ccc(-c6ccc(CC)s6)s5)cc4CC)s3)s2)s1. The third-order valence-electron chi connectivity index (χ3n) is 6.79. The monoisotopic (exact) mass is 606 g/mol. The summed E-state index contributed by atoms with van der Waals surface area (Å²) >= 11 is 11.7. The van der Waals surface area contributed by atoms with Crippen LogP contribution in [0.3, 0.4) is 0 Å². The van der Waals surface area contributed by atoms with Crippen LogP contribution in [0.15, 0.2) is 60.7 Å². The topological polar surface area (TPSA) is 0 Å². The normalized spacial score (nSPS) is 11.6. The van der Waals surface area contributed by atoms with Crippen molar-refractivity contribution in [2.24, 2.45) is 0 Å². The van der Waals surface area contributed by atoms with Gasteiger partial charge in [-0.05, 0) is 97.5 Å². The van der Waals surface area contributed by atoms with Crippen molar-refractivity contribution in [1.82, 2.24) is 0 Å². The minimum absolute atomic E-state index is 1.06. The summed E-state index contributed by atoms with van der Waals surface area (Å²) in [6.07, 6.45) is 4.35. The van der Waals surface area contributed by atoms with Crippen molar-refractivity contribution in [3.63, 3.8) is 0 Å². The fraction of sp³-hybridized carbons (Fsp3) is 0.250. The van der Waals surface area contributed by atoms with Crippen molar-refractivity contribution in [2.45, 2.75) is 53.4 Å². The van der Waals surface area contributed by atoms with Crippen molar-refractivity contribution >= 4 is 68.0 Å². The molecule has 0 N–H and O–H groups in total. The first kappa shape index (κ1) is 26.4. The molecule has 0 radical (unpaired) electrons. The lowest BCUT2D eigenvalue weighted by Gasteiger charge is -2.01. The molecule has 6 aromatic heterocycles. The lowest BCUT2D eigenvalue weighted by atomic mass is 10.1. The van der Waals surface area contributed by atoms with Crippen LogP contribution in [-0.2, 0) is 25.7 Å². The molecule has 6 heteroatoms. The zero-order valence-corrected chi connectivity index (χ0v) is 27.0. The number of hydrogen-bond donors (Lipinski definition) is 0. The average molecular weight is 607 g/mol. The van der Waals surface area contributed by atoms with Crippen LogP contribution in [0, 0.1) is 0 Å². The standard InChI is InChI=1S/C32H30S6/c1-5-19-17-29(27-15-13-25(35-27)23-11-9-21(7-3)33-23)37-31(19)32-20(6-2)18-30(38-32)28-16-14-26(36-28)24-12-10-22(8-4)34-24/h9-18H,5-8H2,1-4H3. The van der Waals surface area contributed by atoms with Crippen LogP contribution in [0.2, 0.25) is 0 Å². The Balaban J connectivity index is 1.33. The molecule has 0 bridgehead atoms. The summed E-state index contributed by atoms with van der Waals surface area (Å²) in [5, 5.41) is 0. The summed E-state index contributed by atoms with van der Waals surface area (Å²) < 4.78 is 0. The largest absolute Gasteiger partial charge is 0.139 e. The van der Waals surface area contributed by atoms with Gasteiger partial charge >= 0.3 is 0 Å². The Kier molecular flexibility index (Phi) is 7.90. The van der Waals surface area contributed by atoms with Crippen molar-refractivity contribution in [3.05, 3.63) is 81.5 Å². The minimum Gasteiger partial charge on any atom is -0.139 e. The molecule has 6 aromatic rings. The van der Waals surface area contributed by atoms with Crippen molar-refractivity contribution in [3.8, 4) is 48.8 Å². The van der Waals surface area contributed by atoms with E-state index < -0.39 is 0 Å². The predicted molar refractivity (Wildman–Crippen MR) is 178 cm³/mol. The molecule has 0 spiro atoms. The molecule has 194 valence electrons. The van der Waals surface area contributed by atoms with Gasteiger partial charge in [-0.15, -0.1) is 68.0 Å². The summed E-state index contributed by atoms with van der Waals surface area (Å²) in [6.45, 7) is 9.06. The van der Waals surface area contributed by atoms with Crippen molar-refractivity contribution in [2.75, 3.05) is 0 Å². The van der Waals surface area contributed by atoms with Crippen LogP contribution in [0.5, 0.6) is 0 Å². The van der Waals surface area contributed by atoms with Gasteiger partial charge in [0.25, 0.3) is 0 Å². The van der Waals surface area contributed by atoms with Gasteiger partial charge in [0.1, 0.15) is 0 Å². The van der Waals surface area contributed by atoms with Crippen molar-refractivity contribution < 1.29 is 0 Å². The fourth-order valence-electron chi connectivity index (χ4n) is 4.62. The van der Waals surface area contributed by atoms with E-state index in [9.17, 15) is 0 Å². The van der Waals surface area contributed by atoms with Gasteiger partial charge in [0.2, 0.25) is 0 Å². The van der Waals surface area contributed by atoms with Crippen LogP contribution in [0.25, 0.3) is 48.8 Å². The molecule has 6 rings (SSSR count). The maximum atomic E-state index is 2.45. The second-order valence-corrected chi connectivity index (χ2v) is 15.8. The zero-order valence-electron chi connectivity index (χ0n) is 22.1. The van der Waals surface area contributed by atoms with E-state index in [1.165, 1.54) is 69.7 Å². The van der Waals surface area contributed by atoms with Crippen LogP contribution in [0.4, 0.5) is 0 Å². The molecule has 0 fully saturated rings. The summed E-state index contributed by atoms with van der Waals surface area (Å²) in [4.78, 5) is 17.0. The third kappa shape index (κ3) is 5.07. The highest BCUT2D eigenvalue weighted by molar-refractivity contribution is 7.30. The molecule has 0 unspecified atom stereocenters. The molecular weight excluding hydrogens is 577 g/mol. The zero-order chi connectivity index (χ0) is 26.2. The second-order valence-electron chi connectivity index (χ2n) is 9.20. The molecule has 0 saturated carbocycles. The van der Waals surface area contributed by atoms with E-state index in [4.69, 9.17) is 0 Å². The van der Waals surface area contributed by atoms with E-state index in [1.807, 2.05) is 68.0 Å². The Morgan fingerprint density at radius 3 is 1.05 bits per heavy atom. The van der Waals surface area contributed by atoms with E-state index >= 15 is 0 Å². The third-order valence-corrected chi connectivity index (χ3v) is 14.7. The highest BCUT2D eigenvalue weighted by Crippen LogP contribution is 2.49. The van der Waals surface area contributed by atoms with E-state index in [2.05, 4.69) is 88.4 Å². The van der Waals surface area contributed by atoms with E-state index in [0.717, 1.165) is 25.7 Å². The van der Waals surface area contributed by atoms with Gasteiger partial charge in [-0.1, -0.05) is 27.7 Å². The van der Waals surface area contributed by atoms with Gasteiger partial charge in [0, 0.05) is 58.5 Å². The van der Waals surface area contributed by atoms with Gasteiger partial charge in [0.15, 0.2) is 0 Å². The highest BCUT2D eigenvalue weighted by Gasteiger charge is 2.20. The summed E-state index contributed by atoms with van der Waals surface area (Å²) in [6, 6.07) is 23.3. The van der Waals surface area contributed by atoms with Gasteiger partial charge < -0.3 is 0 Å². The van der Waals surface area contributed by atoms with Crippen LogP contribution in [-0.4, -0.2) is 0 Å². The van der Waals surface area contributed by atoms with Gasteiger partial charge in [-0.3, -0.25) is 0 Å². The first-order valence-corrected chi connectivity index (χ1v) is 18.1. The highest BCUT2D eigenvalue weighted by atomic mass is 32.1. The average Bonchev–Trinajstić information content (AvgIpc) is 3.78. The summed E-state index contributed by atoms with van der Waals surface area (Å²) in [5.41, 5.74) is 2.95. The van der Waals surface area contributed by atoms with Gasteiger partial charge in [-0.2, -0.15) is 0 Å². The van der Waals surface area contributed by atoms with E-state index in [0.29, 0.717) is 0 Å². The molecule has 0 aromatic carbocycles. The summed E-state index contributed by atoms with van der Waals surface area (Å²) in [7, 11) is 0. The number of aryl methyl sites for hydroxylation is 4. The quantitative estimate of drug-likeness (QED) is 0.154. The Bertz CT molecular complexity index is 1550. The Morgan fingerprint density at radius 2 is 0.711 bits per heavy atom. The van der Waals surface area contributed by atoms with Gasteiger partial charge in [0.05, 0.1) is 0 Å². The maximum absolute atomic E-state index is 2.45. The number of rotatable bonds is 9. The molecule has 0 atom stereocenters. The first-order valence-electron chi connectivity index (χ1n) is 13.2. The van der Waals surface area contributed by atoms with Crippen molar-refractivity contribution in [1.29, 1.82) is 0 Å². The Morgan fingerprint density at radius 1 is 0.368 bits per heavy atom. The molecule has 0 aliphatic rings. The lowest BCUT2D eigenvalue weighted by Crippen LogP contribution is -1.82. The molecule has 0 nitrogen and oxygen atoms in total. The molecule has 0 saturated heterocycles. The molecule has 6 heterocycles. The van der Waals surface area contributed by atoms with Gasteiger partial charge in [-0.25, -0.2) is 0 Å². The number of thiophene rings is 6. The Labute approximate surface area is 249 Å². The first-order chi connectivity index (χ1) is 18.6. The second kappa shape index (κ2) is 11.4. The molecule has 0 amide bonds. The van der Waals surface area contributed by atoms with E-state index in [-0.39, 0.29) is 0 Å². The molecule has 0 aliphatic heterocycles.